The fraction of sp³-hybridized carbons (Fsp3) is 0.421. The molecule has 0 aliphatic carbocycles. The van der Waals surface area contributed by atoms with E-state index < -0.39 is 15.9 Å². The maximum atomic E-state index is 12.7. The predicted molar refractivity (Wildman–Crippen MR) is 104 cm³/mol. The minimum Gasteiger partial charge on any atom is -0.486 e. The lowest BCUT2D eigenvalue weighted by molar-refractivity contribution is 0.0730. The van der Waals surface area contributed by atoms with Gasteiger partial charge in [0.15, 0.2) is 11.5 Å². The molecule has 2 aliphatic rings. The number of nitrogens with one attached hydrogen (secondary N) is 2. The first-order valence-electron chi connectivity index (χ1n) is 9.42. The highest BCUT2D eigenvalue weighted by molar-refractivity contribution is 7.89. The van der Waals surface area contributed by atoms with Crippen LogP contribution in [0.5, 0.6) is 11.5 Å². The smallest absolute Gasteiger partial charge is 0.268 e. The van der Waals surface area contributed by atoms with Crippen LogP contribution < -0.4 is 14.8 Å². The number of carbonyl (C=O) groups is 1. The van der Waals surface area contributed by atoms with Crippen LogP contribution in [0.15, 0.2) is 35.4 Å². The number of fused-ring (bicyclic) bond motifs is 1. The second-order valence-electron chi connectivity index (χ2n) is 6.86. The van der Waals surface area contributed by atoms with Crippen LogP contribution in [0.4, 0.5) is 0 Å². The highest BCUT2D eigenvalue weighted by atomic mass is 32.2. The molecule has 1 saturated heterocycles. The Kier molecular flexibility index (Phi) is 5.48. The monoisotopic (exact) mass is 421 g/mol. The van der Waals surface area contributed by atoms with Crippen LogP contribution >= 0.6 is 0 Å². The average molecular weight is 421 g/mol. The van der Waals surface area contributed by atoms with Crippen LogP contribution in [0.1, 0.15) is 29.0 Å². The zero-order valence-corrected chi connectivity index (χ0v) is 16.8. The van der Waals surface area contributed by atoms with E-state index in [0.29, 0.717) is 51.0 Å². The van der Waals surface area contributed by atoms with E-state index in [1.165, 1.54) is 16.6 Å². The van der Waals surface area contributed by atoms with Crippen molar-refractivity contribution >= 4 is 15.9 Å². The normalized spacial score (nSPS) is 18.2. The molecule has 0 saturated carbocycles. The Morgan fingerprint density at radius 3 is 2.59 bits per heavy atom. The van der Waals surface area contributed by atoms with Crippen molar-refractivity contribution in [3.8, 4) is 11.5 Å². The van der Waals surface area contributed by atoms with Crippen molar-refractivity contribution in [3.05, 3.63) is 41.7 Å². The molecular formula is C19H23N3O6S. The van der Waals surface area contributed by atoms with Gasteiger partial charge >= 0.3 is 0 Å². The van der Waals surface area contributed by atoms with Crippen LogP contribution in [0, 0.1) is 0 Å². The summed E-state index contributed by atoms with van der Waals surface area (Å²) in [5, 5.41) is 2.87. The summed E-state index contributed by atoms with van der Waals surface area (Å²) >= 11 is 0. The van der Waals surface area contributed by atoms with Crippen molar-refractivity contribution in [2.75, 3.05) is 39.5 Å². The number of amides is 1. The first kappa shape index (κ1) is 19.7. The molecule has 0 radical (unpaired) electrons. The third-order valence-electron chi connectivity index (χ3n) is 4.92. The summed E-state index contributed by atoms with van der Waals surface area (Å²) in [6, 6.07) is 6.57. The number of morpholine rings is 1. The summed E-state index contributed by atoms with van der Waals surface area (Å²) in [5.74, 6) is 0.935. The highest BCUT2D eigenvalue weighted by Gasteiger charge is 2.28. The van der Waals surface area contributed by atoms with E-state index in [2.05, 4.69) is 10.3 Å². The Morgan fingerprint density at radius 1 is 1.10 bits per heavy atom. The van der Waals surface area contributed by atoms with Gasteiger partial charge in [0.1, 0.15) is 23.8 Å². The molecule has 3 heterocycles. The van der Waals surface area contributed by atoms with Gasteiger partial charge in [-0.25, -0.2) is 8.42 Å². The van der Waals surface area contributed by atoms with Gasteiger partial charge in [-0.05, 0) is 30.7 Å². The number of H-pyrrole nitrogens is 1. The molecule has 9 nitrogen and oxygen atoms in total. The Balaban J connectivity index is 1.45. The van der Waals surface area contributed by atoms with Crippen LogP contribution in [-0.2, 0) is 14.8 Å². The maximum Gasteiger partial charge on any atom is 0.268 e. The first-order valence-corrected chi connectivity index (χ1v) is 10.9. The number of carbonyl (C=O) groups excluding carboxylic acids is 1. The Bertz CT molecular complexity index is 997. The Morgan fingerprint density at radius 2 is 1.83 bits per heavy atom. The second kappa shape index (κ2) is 8.05. The molecule has 1 aromatic carbocycles. The van der Waals surface area contributed by atoms with Gasteiger partial charge in [0.2, 0.25) is 10.0 Å². The summed E-state index contributed by atoms with van der Waals surface area (Å²) < 4.78 is 43.0. The SMILES string of the molecule is C[C@H](NC(=O)c1cc(S(=O)(=O)N2CCOCC2)c[nH]1)c1ccc2c(c1)OCCO2. The number of hydrogen-bond acceptors (Lipinski definition) is 6. The quantitative estimate of drug-likeness (QED) is 0.753. The van der Waals surface area contributed by atoms with Crippen molar-refractivity contribution in [1.82, 2.24) is 14.6 Å². The van der Waals surface area contributed by atoms with E-state index >= 15 is 0 Å². The van der Waals surface area contributed by atoms with Crippen molar-refractivity contribution in [2.24, 2.45) is 0 Å². The molecule has 0 unspecified atom stereocenters. The number of benzene rings is 1. The van der Waals surface area contributed by atoms with Gasteiger partial charge < -0.3 is 24.5 Å². The molecule has 1 amide bonds. The summed E-state index contributed by atoms with van der Waals surface area (Å²) in [6.07, 6.45) is 1.34. The summed E-state index contributed by atoms with van der Waals surface area (Å²) in [7, 11) is -3.65. The van der Waals surface area contributed by atoms with Gasteiger partial charge in [0.25, 0.3) is 5.91 Å². The number of hydrogen-bond donors (Lipinski definition) is 2. The van der Waals surface area contributed by atoms with E-state index in [0.717, 1.165) is 5.56 Å². The zero-order valence-electron chi connectivity index (χ0n) is 16.0. The molecule has 2 aliphatic heterocycles. The van der Waals surface area contributed by atoms with Gasteiger partial charge in [-0.15, -0.1) is 0 Å². The zero-order chi connectivity index (χ0) is 20.4. The number of ether oxygens (including phenoxy) is 3. The molecule has 1 aromatic heterocycles. The molecule has 0 bridgehead atoms. The summed E-state index contributed by atoms with van der Waals surface area (Å²) in [5.41, 5.74) is 1.04. The topological polar surface area (TPSA) is 110 Å². The second-order valence-corrected chi connectivity index (χ2v) is 8.80. The van der Waals surface area contributed by atoms with Crippen LogP contribution in [0.25, 0.3) is 0 Å². The van der Waals surface area contributed by atoms with Gasteiger partial charge in [-0.3, -0.25) is 4.79 Å². The van der Waals surface area contributed by atoms with Gasteiger partial charge in [-0.1, -0.05) is 6.07 Å². The summed E-state index contributed by atoms with van der Waals surface area (Å²) in [6.45, 7) is 4.18. The molecular weight excluding hydrogens is 398 g/mol. The first-order chi connectivity index (χ1) is 13.9. The third kappa shape index (κ3) is 4.09. The lowest BCUT2D eigenvalue weighted by Crippen LogP contribution is -2.40. The lowest BCUT2D eigenvalue weighted by atomic mass is 10.1. The summed E-state index contributed by atoms with van der Waals surface area (Å²) in [4.78, 5) is 15.4. The minimum absolute atomic E-state index is 0.0662. The van der Waals surface area contributed by atoms with Crippen LogP contribution in [0.2, 0.25) is 0 Å². The molecule has 156 valence electrons. The van der Waals surface area contributed by atoms with Crippen molar-refractivity contribution in [3.63, 3.8) is 0 Å². The predicted octanol–water partition coefficient (Wildman–Crippen LogP) is 1.30. The Labute approximate surface area is 169 Å². The number of rotatable bonds is 5. The minimum atomic E-state index is -3.65. The molecule has 1 atom stereocenters. The molecule has 1 fully saturated rings. The van der Waals surface area contributed by atoms with E-state index in [-0.39, 0.29) is 16.6 Å². The number of aromatic amines is 1. The molecule has 2 N–H and O–H groups in total. The van der Waals surface area contributed by atoms with Crippen molar-refractivity contribution < 1.29 is 27.4 Å². The van der Waals surface area contributed by atoms with Gasteiger partial charge in [0.05, 0.1) is 19.3 Å². The van der Waals surface area contributed by atoms with E-state index in [9.17, 15) is 13.2 Å². The fourth-order valence-corrected chi connectivity index (χ4v) is 4.68. The van der Waals surface area contributed by atoms with Gasteiger partial charge in [-0.2, -0.15) is 4.31 Å². The molecule has 2 aromatic rings. The number of aromatic nitrogens is 1. The van der Waals surface area contributed by atoms with Gasteiger partial charge in [0, 0.05) is 19.3 Å². The number of nitrogens with zero attached hydrogens (tertiary/aromatic N) is 1. The molecule has 29 heavy (non-hydrogen) atoms. The average Bonchev–Trinajstić information content (AvgIpc) is 3.25. The fourth-order valence-electron chi connectivity index (χ4n) is 3.28. The number of sulfonamides is 1. The largest absolute Gasteiger partial charge is 0.486 e. The standard InChI is InChI=1S/C19H23N3O6S/c1-13(14-2-3-17-18(10-14)28-9-8-27-17)21-19(23)16-11-15(12-20-16)29(24,25)22-4-6-26-7-5-22/h2-3,10-13,20H,4-9H2,1H3,(H,21,23)/t13-/m0/s1. The molecule has 4 rings (SSSR count). The maximum absolute atomic E-state index is 12.7. The van der Waals surface area contributed by atoms with Crippen LogP contribution in [0.3, 0.4) is 0 Å². The van der Waals surface area contributed by atoms with E-state index in [1.807, 2.05) is 25.1 Å². The van der Waals surface area contributed by atoms with Crippen molar-refractivity contribution in [2.45, 2.75) is 17.9 Å². The van der Waals surface area contributed by atoms with Crippen LogP contribution in [-0.4, -0.2) is 63.1 Å². The van der Waals surface area contributed by atoms with E-state index in [4.69, 9.17) is 14.2 Å². The third-order valence-corrected chi connectivity index (χ3v) is 6.80. The Hall–Kier alpha value is -2.56. The van der Waals surface area contributed by atoms with Crippen molar-refractivity contribution in [1.29, 1.82) is 0 Å². The molecule has 10 heteroatoms. The molecule has 0 spiro atoms. The lowest BCUT2D eigenvalue weighted by Gasteiger charge is -2.25. The van der Waals surface area contributed by atoms with E-state index in [1.54, 1.807) is 0 Å². The highest BCUT2D eigenvalue weighted by Crippen LogP contribution is 2.32.